The summed E-state index contributed by atoms with van der Waals surface area (Å²) in [5.41, 5.74) is 1.16. The maximum absolute atomic E-state index is 12.7. The number of ether oxygens (including phenoxy) is 1. The summed E-state index contributed by atoms with van der Waals surface area (Å²) < 4.78 is 4.72. The second kappa shape index (κ2) is 10.3. The second-order valence-electron chi connectivity index (χ2n) is 8.03. The van der Waals surface area contributed by atoms with E-state index in [2.05, 4.69) is 22.3 Å². The van der Waals surface area contributed by atoms with E-state index in [0.29, 0.717) is 32.6 Å². The Labute approximate surface area is 178 Å². The number of para-hydroxylation sites is 1. The van der Waals surface area contributed by atoms with Crippen LogP contribution in [-0.4, -0.2) is 80.1 Å². The summed E-state index contributed by atoms with van der Waals surface area (Å²) in [4.78, 5) is 42.6. The van der Waals surface area contributed by atoms with Gasteiger partial charge >= 0.3 is 12.0 Å². The Morgan fingerprint density at radius 3 is 2.23 bits per heavy atom. The van der Waals surface area contributed by atoms with Gasteiger partial charge in [0.15, 0.2) is 0 Å². The van der Waals surface area contributed by atoms with E-state index in [4.69, 9.17) is 4.74 Å². The molecule has 1 atom stereocenters. The lowest BCUT2D eigenvalue weighted by Crippen LogP contribution is -2.56. The molecule has 0 aliphatic carbocycles. The van der Waals surface area contributed by atoms with Crippen molar-refractivity contribution in [1.29, 1.82) is 0 Å². The smallest absolute Gasteiger partial charge is 0.318 e. The van der Waals surface area contributed by atoms with E-state index >= 15 is 0 Å². The Bertz CT molecular complexity index is 726. The predicted molar refractivity (Wildman–Crippen MR) is 114 cm³/mol. The van der Waals surface area contributed by atoms with E-state index in [1.54, 1.807) is 16.7 Å². The number of rotatable bonds is 5. The number of methoxy groups -OCH3 is 1. The molecule has 2 aliphatic rings. The number of esters is 1. The average Bonchev–Trinajstić information content (AvgIpc) is 2.79. The maximum Gasteiger partial charge on any atom is 0.318 e. The first-order valence-corrected chi connectivity index (χ1v) is 10.7. The molecule has 8 heteroatoms. The average molecular weight is 417 g/mol. The van der Waals surface area contributed by atoms with Gasteiger partial charge in [-0.05, 0) is 37.8 Å². The van der Waals surface area contributed by atoms with Gasteiger partial charge in [-0.3, -0.25) is 9.59 Å². The molecule has 2 aliphatic heterocycles. The lowest BCUT2D eigenvalue weighted by molar-refractivity contribution is -0.142. The van der Waals surface area contributed by atoms with E-state index in [1.807, 2.05) is 18.2 Å². The van der Waals surface area contributed by atoms with Crippen LogP contribution in [0, 0.1) is 5.92 Å². The topological polar surface area (TPSA) is 82.2 Å². The molecule has 0 radical (unpaired) electrons. The molecule has 8 nitrogen and oxygen atoms in total. The van der Waals surface area contributed by atoms with Crippen LogP contribution in [0.3, 0.4) is 0 Å². The molecule has 0 saturated carbocycles. The zero-order valence-corrected chi connectivity index (χ0v) is 17.9. The number of likely N-dealkylation sites (tertiary alicyclic amines) is 1. The lowest BCUT2D eigenvalue weighted by atomic mass is 9.93. The number of carbonyl (C=O) groups excluding carboxylic acids is 3. The van der Waals surface area contributed by atoms with Gasteiger partial charge in [0.1, 0.15) is 6.04 Å². The molecule has 1 aromatic rings. The van der Waals surface area contributed by atoms with Crippen molar-refractivity contribution in [3.63, 3.8) is 0 Å². The number of nitrogens with zero attached hydrogens (tertiary/aromatic N) is 3. The van der Waals surface area contributed by atoms with Crippen LogP contribution in [0.5, 0.6) is 0 Å². The number of piperazine rings is 1. The minimum absolute atomic E-state index is 0.0669. The first kappa shape index (κ1) is 21.9. The van der Waals surface area contributed by atoms with Gasteiger partial charge in [-0.1, -0.05) is 18.2 Å². The van der Waals surface area contributed by atoms with Gasteiger partial charge in [0.2, 0.25) is 5.91 Å². The third-order valence-corrected chi connectivity index (χ3v) is 6.01. The Morgan fingerprint density at radius 1 is 1.00 bits per heavy atom. The number of anilines is 1. The summed E-state index contributed by atoms with van der Waals surface area (Å²) in [5, 5.41) is 2.86. The SMILES string of the molecule is COC(=O)CC1CCN(C(=O)[C@H](C)NC(=O)N2CCN(c3ccccc3)CC2)CC1. The van der Waals surface area contributed by atoms with E-state index in [9.17, 15) is 14.4 Å². The molecular weight excluding hydrogens is 384 g/mol. The Morgan fingerprint density at radius 2 is 1.63 bits per heavy atom. The van der Waals surface area contributed by atoms with Crippen LogP contribution in [0.2, 0.25) is 0 Å². The van der Waals surface area contributed by atoms with Crippen molar-refractivity contribution in [3.8, 4) is 0 Å². The molecule has 164 valence electrons. The quantitative estimate of drug-likeness (QED) is 0.739. The first-order chi connectivity index (χ1) is 14.5. The first-order valence-electron chi connectivity index (χ1n) is 10.7. The molecule has 0 spiro atoms. The Hall–Kier alpha value is -2.77. The third-order valence-electron chi connectivity index (χ3n) is 6.01. The van der Waals surface area contributed by atoms with Crippen LogP contribution < -0.4 is 10.2 Å². The zero-order chi connectivity index (χ0) is 21.5. The van der Waals surface area contributed by atoms with Crippen molar-refractivity contribution in [2.24, 2.45) is 5.92 Å². The number of carbonyl (C=O) groups is 3. The zero-order valence-electron chi connectivity index (χ0n) is 17.9. The summed E-state index contributed by atoms with van der Waals surface area (Å²) >= 11 is 0. The van der Waals surface area contributed by atoms with Crippen molar-refractivity contribution in [1.82, 2.24) is 15.1 Å². The number of hydrogen-bond donors (Lipinski definition) is 1. The lowest BCUT2D eigenvalue weighted by Gasteiger charge is -2.37. The normalized spacial score (nSPS) is 18.7. The van der Waals surface area contributed by atoms with Crippen LogP contribution in [0.15, 0.2) is 30.3 Å². The molecule has 2 fully saturated rings. The van der Waals surface area contributed by atoms with E-state index in [-0.39, 0.29) is 23.8 Å². The summed E-state index contributed by atoms with van der Waals surface area (Å²) in [7, 11) is 1.40. The standard InChI is InChI=1S/C22H32N4O4/c1-17(21(28)25-10-8-18(9-11-25)16-20(27)30-2)23-22(29)26-14-12-24(13-15-26)19-6-4-3-5-7-19/h3-7,17-18H,8-16H2,1-2H3,(H,23,29)/t17-/m0/s1. The molecule has 1 N–H and O–H groups in total. The monoisotopic (exact) mass is 416 g/mol. The molecule has 30 heavy (non-hydrogen) atoms. The predicted octanol–water partition coefficient (Wildman–Crippen LogP) is 1.71. The number of urea groups is 1. The largest absolute Gasteiger partial charge is 0.469 e. The van der Waals surface area contributed by atoms with Gasteiger partial charge in [-0.25, -0.2) is 4.79 Å². The van der Waals surface area contributed by atoms with Gasteiger partial charge in [0.05, 0.1) is 7.11 Å². The van der Waals surface area contributed by atoms with Crippen LogP contribution >= 0.6 is 0 Å². The highest BCUT2D eigenvalue weighted by Gasteiger charge is 2.29. The van der Waals surface area contributed by atoms with Gasteiger partial charge in [0.25, 0.3) is 0 Å². The van der Waals surface area contributed by atoms with Gasteiger partial charge in [-0.2, -0.15) is 0 Å². The summed E-state index contributed by atoms with van der Waals surface area (Å²) in [5.74, 6) is -0.0112. The molecule has 3 amide bonds. The number of amides is 3. The molecule has 0 bridgehead atoms. The van der Waals surface area contributed by atoms with Crippen molar-refractivity contribution < 1.29 is 19.1 Å². The van der Waals surface area contributed by atoms with Gasteiger partial charge in [0, 0.05) is 51.4 Å². The van der Waals surface area contributed by atoms with Gasteiger partial charge in [-0.15, -0.1) is 0 Å². The summed E-state index contributed by atoms with van der Waals surface area (Å²) in [6.45, 7) is 5.75. The number of benzene rings is 1. The number of hydrogen-bond acceptors (Lipinski definition) is 5. The minimum Gasteiger partial charge on any atom is -0.469 e. The Kier molecular flexibility index (Phi) is 7.54. The third kappa shape index (κ3) is 5.64. The fourth-order valence-corrected chi connectivity index (χ4v) is 4.10. The number of piperidine rings is 1. The molecule has 3 rings (SSSR count). The molecule has 0 unspecified atom stereocenters. The molecule has 0 aromatic heterocycles. The fourth-order valence-electron chi connectivity index (χ4n) is 4.10. The van der Waals surface area contributed by atoms with Crippen molar-refractivity contribution in [2.75, 3.05) is 51.3 Å². The summed E-state index contributed by atoms with van der Waals surface area (Å²) in [6.07, 6.45) is 1.96. The van der Waals surface area contributed by atoms with Gasteiger partial charge < -0.3 is 24.8 Å². The van der Waals surface area contributed by atoms with E-state index in [1.165, 1.54) is 7.11 Å². The van der Waals surface area contributed by atoms with Crippen LogP contribution in [-0.2, 0) is 14.3 Å². The van der Waals surface area contributed by atoms with Crippen LogP contribution in [0.1, 0.15) is 26.2 Å². The molecule has 1 aromatic carbocycles. The molecular formula is C22H32N4O4. The molecule has 2 saturated heterocycles. The second-order valence-corrected chi connectivity index (χ2v) is 8.03. The highest BCUT2D eigenvalue weighted by molar-refractivity contribution is 5.87. The number of nitrogens with one attached hydrogen (secondary N) is 1. The van der Waals surface area contributed by atoms with Crippen molar-refractivity contribution >= 4 is 23.6 Å². The molecule has 2 heterocycles. The highest BCUT2D eigenvalue weighted by atomic mass is 16.5. The minimum atomic E-state index is -0.568. The van der Waals surface area contributed by atoms with Crippen LogP contribution in [0.4, 0.5) is 10.5 Å². The van der Waals surface area contributed by atoms with Crippen LogP contribution in [0.25, 0.3) is 0 Å². The summed E-state index contributed by atoms with van der Waals surface area (Å²) in [6, 6.07) is 9.41. The highest BCUT2D eigenvalue weighted by Crippen LogP contribution is 2.21. The van der Waals surface area contributed by atoms with Crippen molar-refractivity contribution in [2.45, 2.75) is 32.2 Å². The Balaban J connectivity index is 1.41. The van der Waals surface area contributed by atoms with E-state index < -0.39 is 6.04 Å². The van der Waals surface area contributed by atoms with Crippen molar-refractivity contribution in [3.05, 3.63) is 30.3 Å². The maximum atomic E-state index is 12.7. The fraction of sp³-hybridized carbons (Fsp3) is 0.591. The van der Waals surface area contributed by atoms with E-state index in [0.717, 1.165) is 31.6 Å².